The molecule has 13 aromatic rings. The first-order chi connectivity index (χ1) is 56.1. The number of ether oxygens (including phenoxy) is 8. The molecule has 13 aromatic carbocycles. The maximum Gasteiger partial charge on any atom is 0.673 e. The van der Waals surface area contributed by atoms with Crippen molar-refractivity contribution in [1.29, 1.82) is 0 Å². The molecule has 1 saturated heterocycles. The standard InChI is InChI=1S/C68H66O14Se2Te4.3C6H6.2BF4/c1-69-51-19-35-61(36-20-51)85(62-37-21-52(70-2)22-38-62)77-83(59-15-11-9-12-16-59)78-87(65-43-27-55(73-5)28-44-65,66-45-29-56(74-6)30-46-66)82-88(67-47-31-57(75-7)32-48-67,68-49-33-58(76-8)34-50-68)80-84(60-17-13-10-14-18-60)79-86(81-85,63-39-23-53(71-3)24-40-63)64-41-25-54(72-4)26-42-64;3*1-2-4-6-5-3-1;2*2-1(3,4)5/h9-50H,1-8H3;3*1-6H;;/q+2;;;;2*-1. The zero-order valence-electron chi connectivity index (χ0n) is 64.0. The van der Waals surface area contributed by atoms with E-state index in [2.05, 4.69) is 121 Å². The predicted molar refractivity (Wildman–Crippen MR) is 454 cm³/mol. The number of hydrogen-bond donors (Lipinski definition) is 0. The summed E-state index contributed by atoms with van der Waals surface area (Å²) in [5.41, 5.74) is 0. The first-order valence-corrected chi connectivity index (χ1v) is 56.5. The molecule has 0 saturated carbocycles. The van der Waals surface area contributed by atoms with E-state index in [4.69, 9.17) is 49.6 Å². The van der Waals surface area contributed by atoms with Gasteiger partial charge in [0.1, 0.15) is 0 Å². The molecule has 0 amide bonds. The smallest absolute Gasteiger partial charge is 0.418 e. The van der Waals surface area contributed by atoms with Crippen LogP contribution in [-0.4, -0.2) is 177 Å². The van der Waals surface area contributed by atoms with Crippen molar-refractivity contribution in [2.45, 2.75) is 0 Å². The van der Waals surface area contributed by atoms with E-state index in [0.29, 0.717) is 46.0 Å². The summed E-state index contributed by atoms with van der Waals surface area (Å²) >= 11 is -28.4. The van der Waals surface area contributed by atoms with Gasteiger partial charge in [0.15, 0.2) is 0 Å². The number of hydrogen-bond acceptors (Lipinski definition) is 14. The summed E-state index contributed by atoms with van der Waals surface area (Å²) in [4.78, 5) is 0. The van der Waals surface area contributed by atoms with Gasteiger partial charge in [0.2, 0.25) is 0 Å². The summed E-state index contributed by atoms with van der Waals surface area (Å²) in [6, 6.07) is 121. The van der Waals surface area contributed by atoms with Crippen LogP contribution in [0.5, 0.6) is 46.0 Å². The molecule has 1 heterocycles. The van der Waals surface area contributed by atoms with Crippen LogP contribution >= 0.6 is 0 Å². The van der Waals surface area contributed by atoms with Gasteiger partial charge in [-0.3, -0.25) is 0 Å². The third kappa shape index (κ3) is 26.4. The minimum Gasteiger partial charge on any atom is -0.418 e. The Labute approximate surface area is 701 Å². The monoisotopic (exact) mass is 2190 g/mol. The molecule has 14 rings (SSSR count). The summed E-state index contributed by atoms with van der Waals surface area (Å²) in [5.74, 6) is 5.20. The molecule has 1 aliphatic rings. The van der Waals surface area contributed by atoms with Crippen molar-refractivity contribution in [3.63, 3.8) is 0 Å². The molecular weight excluding hydrogens is 2100 g/mol. The van der Waals surface area contributed by atoms with E-state index in [9.17, 15) is 34.5 Å². The average Bonchev–Trinajstić information content (AvgIpc) is 0.716. The van der Waals surface area contributed by atoms with Gasteiger partial charge in [-0.2, -0.15) is 0 Å². The van der Waals surface area contributed by atoms with E-state index in [1.54, 1.807) is 56.9 Å². The maximum atomic E-state index is 9.75. The van der Waals surface area contributed by atoms with Gasteiger partial charge >= 0.3 is 565 Å². The third-order valence-corrected chi connectivity index (χ3v) is 77.2. The van der Waals surface area contributed by atoms with Gasteiger partial charge in [-0.15, -0.1) is 0 Å². The quantitative estimate of drug-likeness (QED) is 0.0597. The Hall–Kier alpha value is -8.21. The summed E-state index contributed by atoms with van der Waals surface area (Å²) < 4.78 is 186. The van der Waals surface area contributed by atoms with Crippen LogP contribution in [0.15, 0.2) is 364 Å². The number of halogens is 8. The Kier molecular flexibility index (Phi) is 36.1. The van der Waals surface area contributed by atoms with E-state index >= 15 is 0 Å². The maximum absolute atomic E-state index is 9.75. The predicted octanol–water partition coefficient (Wildman–Crippen LogP) is 13.6. The van der Waals surface area contributed by atoms with Crippen molar-refractivity contribution in [1.82, 2.24) is 0 Å². The minimum absolute atomic E-state index is 0.650. The Morgan fingerprint density at radius 2 is 0.302 bits per heavy atom. The van der Waals surface area contributed by atoms with Gasteiger partial charge in [-0.25, -0.2) is 0 Å². The second-order valence-corrected chi connectivity index (χ2v) is 64.8. The molecule has 0 atom stereocenters. The molecule has 0 spiro atoms. The van der Waals surface area contributed by atoms with Crippen LogP contribution in [0.4, 0.5) is 34.5 Å². The molecule has 0 aromatic heterocycles. The van der Waals surface area contributed by atoms with Gasteiger partial charge in [0, 0.05) is 0 Å². The summed E-state index contributed by atoms with van der Waals surface area (Å²) in [7, 11) is 1.27. The summed E-state index contributed by atoms with van der Waals surface area (Å²) in [6.07, 6.45) is 0. The van der Waals surface area contributed by atoms with E-state index < -0.39 is 120 Å². The van der Waals surface area contributed by atoms with Crippen LogP contribution in [0.25, 0.3) is 0 Å². The molecule has 0 N–H and O–H groups in total. The van der Waals surface area contributed by atoms with Crippen LogP contribution in [0, 0.1) is 0 Å². The molecule has 0 aliphatic carbocycles. The second kappa shape index (κ2) is 45.7. The Morgan fingerprint density at radius 3 is 0.414 bits per heavy atom. The number of methoxy groups -OCH3 is 8. The van der Waals surface area contributed by atoms with Crippen molar-refractivity contribution in [3.05, 3.63) is 364 Å². The van der Waals surface area contributed by atoms with E-state index in [0.717, 1.165) is 37.8 Å². The normalized spacial score (nSPS) is 16.2. The van der Waals surface area contributed by atoms with Gasteiger partial charge in [-0.05, 0) is 0 Å². The average molecular weight is 2180 g/mol. The molecule has 14 nitrogen and oxygen atoms in total. The molecule has 30 heteroatoms. The van der Waals surface area contributed by atoms with Crippen molar-refractivity contribution < 1.29 is 84.1 Å². The molecule has 0 unspecified atom stereocenters. The Balaban J connectivity index is 0.000000463. The molecule has 1 aliphatic heterocycles. The number of benzene rings is 13. The number of rotatable bonds is 18. The van der Waals surface area contributed by atoms with Gasteiger partial charge in [0.05, 0.1) is 0 Å². The second-order valence-electron chi connectivity index (χ2n) is 23.4. The molecule has 610 valence electrons. The van der Waals surface area contributed by atoms with Gasteiger partial charge < -0.3 is 34.5 Å². The summed E-state index contributed by atoms with van der Waals surface area (Å²) in [6.45, 7) is 0. The van der Waals surface area contributed by atoms with Crippen LogP contribution < -0.4 is 75.7 Å². The van der Waals surface area contributed by atoms with Gasteiger partial charge in [-0.1, -0.05) is 109 Å². The fourth-order valence-electron chi connectivity index (χ4n) is 10.3. The molecule has 116 heavy (non-hydrogen) atoms. The summed E-state index contributed by atoms with van der Waals surface area (Å²) in [5, 5.41) is 0. The van der Waals surface area contributed by atoms with Crippen LogP contribution in [0.2, 0.25) is 0 Å². The van der Waals surface area contributed by atoms with Crippen molar-refractivity contribution in [2.24, 2.45) is 0 Å². The van der Waals surface area contributed by atoms with Crippen molar-refractivity contribution in [3.8, 4) is 46.0 Å². The zero-order valence-corrected chi connectivity index (χ0v) is 76.7. The largest absolute Gasteiger partial charge is 0.673 e. The Morgan fingerprint density at radius 1 is 0.190 bits per heavy atom. The first-order valence-electron chi connectivity index (χ1n) is 35.1. The third-order valence-electron chi connectivity index (χ3n) is 15.8. The first kappa shape index (κ1) is 91.7. The SMILES string of the molecule is COc1ccc([Te]2(c3ccc(OC)cc3)O[Se+](c3ccccc3)O[Te](c3ccc(OC)cc3)(c3ccc(OC)cc3)O[Te](c3ccc(OC)cc3)(c3ccc(OC)cc3)O[Se+](c3ccccc3)O[Te](c3ccc(OC)cc3)(c3ccc(OC)cc3)O2)cc1.F[B-](F)(F)F.F[B-](F)(F)F.c1ccccc1.c1ccccc1.c1ccccc1. The van der Waals surface area contributed by atoms with Crippen molar-refractivity contribution >= 4 is 157 Å². The molecular formula is C86H84B2F8O14Se2Te4. The molecule has 0 bridgehead atoms. The van der Waals surface area contributed by atoms with E-state index in [1.165, 1.54) is 0 Å². The zero-order chi connectivity index (χ0) is 82.9. The van der Waals surface area contributed by atoms with E-state index in [1.807, 2.05) is 243 Å². The van der Waals surface area contributed by atoms with Gasteiger partial charge in [0.25, 0.3) is 0 Å². The fourth-order valence-corrected chi connectivity index (χ4v) is 95.6. The molecule has 1 fully saturated rings. The van der Waals surface area contributed by atoms with Crippen LogP contribution in [0.1, 0.15) is 0 Å². The minimum atomic E-state index is -6.00. The fraction of sp³-hybridized carbons (Fsp3) is 0.0930. The van der Waals surface area contributed by atoms with Crippen LogP contribution in [-0.2, 0) is 11.7 Å². The molecule has 0 radical (unpaired) electrons. The van der Waals surface area contributed by atoms with Crippen molar-refractivity contribution in [2.75, 3.05) is 56.9 Å². The topological polar surface area (TPSA) is 129 Å². The van der Waals surface area contributed by atoms with E-state index in [-0.39, 0.29) is 0 Å². The van der Waals surface area contributed by atoms with Crippen LogP contribution in [0.3, 0.4) is 0 Å². The Bertz CT molecular complexity index is 4110.